The van der Waals surface area contributed by atoms with Crippen molar-refractivity contribution in [2.45, 2.75) is 50.9 Å². The van der Waals surface area contributed by atoms with E-state index in [1.807, 2.05) is 27.7 Å². The number of hydrogen-bond acceptors (Lipinski definition) is 5. The van der Waals surface area contributed by atoms with E-state index in [1.165, 1.54) is 0 Å². The molecule has 1 aliphatic heterocycles. The van der Waals surface area contributed by atoms with Gasteiger partial charge >= 0.3 is 0 Å². The maximum absolute atomic E-state index is 11.6. The zero-order chi connectivity index (χ0) is 14.4. The summed E-state index contributed by atoms with van der Waals surface area (Å²) in [6.07, 6.45) is 0.684. The first-order valence-electron chi connectivity index (χ1n) is 6.14. The third-order valence-corrected chi connectivity index (χ3v) is 4.30. The Bertz CT molecular complexity index is 576. The van der Waals surface area contributed by atoms with Gasteiger partial charge in [-0.2, -0.15) is 0 Å². The second-order valence-electron chi connectivity index (χ2n) is 5.84. The molecule has 0 aliphatic carbocycles. The number of aromatic nitrogens is 3. The Morgan fingerprint density at radius 3 is 2.42 bits per heavy atom. The number of hydrogen-bond donors (Lipinski definition) is 0. The number of ether oxygens (including phenoxy) is 1. The fraction of sp³-hybridized carbons (Fsp3) is 0.818. The molecule has 0 radical (unpaired) electrons. The average molecular weight is 308 g/mol. The summed E-state index contributed by atoms with van der Waals surface area (Å²) in [5.74, 6) is 0.799. The molecular weight excluding hydrogens is 290 g/mol. The number of halogens is 1. The monoisotopic (exact) mass is 307 g/mol. The van der Waals surface area contributed by atoms with E-state index < -0.39 is 14.6 Å². The van der Waals surface area contributed by atoms with E-state index in [2.05, 4.69) is 10.2 Å². The Balaban J connectivity index is 2.60. The molecular formula is C11H18ClN3O3S. The van der Waals surface area contributed by atoms with Gasteiger partial charge < -0.3 is 4.74 Å². The molecule has 1 aromatic rings. The molecule has 2 heterocycles. The molecule has 0 bridgehead atoms. The maximum Gasteiger partial charge on any atom is 0.296 e. The van der Waals surface area contributed by atoms with E-state index in [0.29, 0.717) is 12.4 Å². The first kappa shape index (κ1) is 14.7. The van der Waals surface area contributed by atoms with Crippen LogP contribution in [0.4, 0.5) is 0 Å². The minimum absolute atomic E-state index is 0.223. The zero-order valence-electron chi connectivity index (χ0n) is 11.4. The highest BCUT2D eigenvalue weighted by Gasteiger charge is 2.37. The van der Waals surface area contributed by atoms with Crippen molar-refractivity contribution in [2.75, 3.05) is 6.61 Å². The summed E-state index contributed by atoms with van der Waals surface area (Å²) in [6, 6.07) is 0. The molecule has 2 unspecified atom stereocenters. The van der Waals surface area contributed by atoms with Crippen LogP contribution in [0.25, 0.3) is 0 Å². The molecule has 0 saturated carbocycles. The predicted molar refractivity (Wildman–Crippen MR) is 70.5 cm³/mol. The lowest BCUT2D eigenvalue weighted by Gasteiger charge is -2.26. The summed E-state index contributed by atoms with van der Waals surface area (Å²) >= 11 is 0. The van der Waals surface area contributed by atoms with Gasteiger partial charge in [0.25, 0.3) is 14.2 Å². The zero-order valence-corrected chi connectivity index (χ0v) is 13.0. The van der Waals surface area contributed by atoms with Crippen LogP contribution in [0.3, 0.4) is 0 Å². The van der Waals surface area contributed by atoms with Crippen LogP contribution in [0.2, 0.25) is 0 Å². The van der Waals surface area contributed by atoms with Crippen molar-refractivity contribution in [2.24, 2.45) is 5.92 Å². The fourth-order valence-electron chi connectivity index (χ4n) is 2.28. The van der Waals surface area contributed by atoms with E-state index in [4.69, 9.17) is 15.4 Å². The normalized spacial score (nSPS) is 24.9. The van der Waals surface area contributed by atoms with Crippen molar-refractivity contribution in [3.8, 4) is 0 Å². The van der Waals surface area contributed by atoms with Gasteiger partial charge in [0, 0.05) is 22.8 Å². The second-order valence-corrected chi connectivity index (χ2v) is 8.30. The highest BCUT2D eigenvalue weighted by molar-refractivity contribution is 8.13. The minimum atomic E-state index is -3.94. The van der Waals surface area contributed by atoms with E-state index >= 15 is 0 Å². The molecule has 1 fully saturated rings. The molecule has 0 spiro atoms. The molecule has 0 N–H and O–H groups in total. The Labute approximate surface area is 117 Å². The minimum Gasteiger partial charge on any atom is -0.370 e. The van der Waals surface area contributed by atoms with Crippen molar-refractivity contribution < 1.29 is 13.2 Å². The van der Waals surface area contributed by atoms with Crippen molar-refractivity contribution in [3.63, 3.8) is 0 Å². The van der Waals surface area contributed by atoms with Crippen LogP contribution >= 0.6 is 10.7 Å². The van der Waals surface area contributed by atoms with Crippen LogP contribution in [0.15, 0.2) is 5.16 Å². The third-order valence-electron chi connectivity index (χ3n) is 3.19. The van der Waals surface area contributed by atoms with Crippen molar-refractivity contribution in [3.05, 3.63) is 5.82 Å². The molecule has 0 aromatic carbocycles. The van der Waals surface area contributed by atoms with E-state index in [-0.39, 0.29) is 17.2 Å². The highest BCUT2D eigenvalue weighted by Crippen LogP contribution is 2.36. The summed E-state index contributed by atoms with van der Waals surface area (Å²) in [5.41, 5.74) is -0.498. The lowest BCUT2D eigenvalue weighted by Crippen LogP contribution is -2.29. The molecule has 1 saturated heterocycles. The molecule has 19 heavy (non-hydrogen) atoms. The molecule has 8 heteroatoms. The van der Waals surface area contributed by atoms with Gasteiger partial charge in [0.2, 0.25) is 0 Å². The van der Waals surface area contributed by atoms with Crippen molar-refractivity contribution >= 4 is 19.7 Å². The second kappa shape index (κ2) is 4.71. The Hall–Kier alpha value is -0.660. The fourth-order valence-corrected chi connectivity index (χ4v) is 3.30. The molecule has 1 aromatic heterocycles. The van der Waals surface area contributed by atoms with Gasteiger partial charge in [0.15, 0.2) is 5.82 Å². The molecule has 0 amide bonds. The van der Waals surface area contributed by atoms with Crippen molar-refractivity contribution in [1.82, 2.24) is 14.8 Å². The molecule has 2 rings (SSSR count). The lowest BCUT2D eigenvalue weighted by atomic mass is 10.0. The maximum atomic E-state index is 11.6. The molecule has 108 valence electrons. The standard InChI is InChI=1S/C11H18ClN3O3S/c1-7-5-6-18-8(7)9-13-14-10(19(12,16)17)15(9)11(2,3)4/h7-8H,5-6H2,1-4H3. The summed E-state index contributed by atoms with van der Waals surface area (Å²) in [5, 5.41) is 7.53. The van der Waals surface area contributed by atoms with Gasteiger partial charge in [-0.05, 0) is 33.1 Å². The predicted octanol–water partition coefficient (Wildman–Crippen LogP) is 2.06. The number of nitrogens with zero attached hydrogens (tertiary/aromatic N) is 3. The van der Waals surface area contributed by atoms with Crippen molar-refractivity contribution in [1.29, 1.82) is 0 Å². The first-order chi connectivity index (χ1) is 8.62. The SMILES string of the molecule is CC1CCOC1c1nnc(S(=O)(=O)Cl)n1C(C)(C)C. The summed E-state index contributed by atoms with van der Waals surface area (Å²) < 4.78 is 30.4. The van der Waals surface area contributed by atoms with Crippen LogP contribution in [-0.4, -0.2) is 29.8 Å². The van der Waals surface area contributed by atoms with Gasteiger partial charge in [0.05, 0.1) is 0 Å². The van der Waals surface area contributed by atoms with E-state index in [9.17, 15) is 8.42 Å². The lowest BCUT2D eigenvalue weighted by molar-refractivity contribution is 0.0792. The van der Waals surface area contributed by atoms with Gasteiger partial charge in [-0.25, -0.2) is 8.42 Å². The topological polar surface area (TPSA) is 74.1 Å². The summed E-state index contributed by atoms with van der Waals surface area (Å²) in [7, 11) is 1.50. The van der Waals surface area contributed by atoms with Crippen LogP contribution in [0.1, 0.15) is 46.0 Å². The quantitative estimate of drug-likeness (QED) is 0.782. The Morgan fingerprint density at radius 1 is 1.37 bits per heavy atom. The third kappa shape index (κ3) is 2.78. The van der Waals surface area contributed by atoms with Gasteiger partial charge in [-0.1, -0.05) is 6.92 Å². The summed E-state index contributed by atoms with van der Waals surface area (Å²) in [6.45, 7) is 8.33. The van der Waals surface area contributed by atoms with Crippen LogP contribution in [0, 0.1) is 5.92 Å². The van der Waals surface area contributed by atoms with Gasteiger partial charge in [-0.15, -0.1) is 10.2 Å². The molecule has 2 atom stereocenters. The number of rotatable bonds is 2. The molecule has 6 nitrogen and oxygen atoms in total. The van der Waals surface area contributed by atoms with Crippen LogP contribution in [-0.2, 0) is 19.3 Å². The van der Waals surface area contributed by atoms with Gasteiger partial charge in [0.1, 0.15) is 6.10 Å². The van der Waals surface area contributed by atoms with Crippen LogP contribution in [0.5, 0.6) is 0 Å². The van der Waals surface area contributed by atoms with E-state index in [1.54, 1.807) is 4.57 Å². The first-order valence-corrected chi connectivity index (χ1v) is 8.45. The van der Waals surface area contributed by atoms with Gasteiger partial charge in [-0.3, -0.25) is 4.57 Å². The largest absolute Gasteiger partial charge is 0.370 e. The van der Waals surface area contributed by atoms with Crippen LogP contribution < -0.4 is 0 Å². The Kier molecular flexibility index (Phi) is 3.66. The molecule has 1 aliphatic rings. The summed E-state index contributed by atoms with van der Waals surface area (Å²) in [4.78, 5) is 0. The highest BCUT2D eigenvalue weighted by atomic mass is 35.7. The smallest absolute Gasteiger partial charge is 0.296 e. The van der Waals surface area contributed by atoms with E-state index in [0.717, 1.165) is 6.42 Å². The Morgan fingerprint density at radius 2 is 2.00 bits per heavy atom. The average Bonchev–Trinajstić information content (AvgIpc) is 2.79.